The quantitative estimate of drug-likeness (QED) is 0.788. The van der Waals surface area contributed by atoms with E-state index in [1.165, 1.54) is 7.11 Å². The highest BCUT2D eigenvalue weighted by atomic mass is 35.5. The minimum absolute atomic E-state index is 0.0335. The molecule has 0 aliphatic carbocycles. The Balaban J connectivity index is 2.43. The number of rotatable bonds is 4. The fraction of sp³-hybridized carbons (Fsp3) is 0.588. The maximum atomic E-state index is 12.0. The van der Waals surface area contributed by atoms with Crippen molar-refractivity contribution in [1.29, 1.82) is 0 Å². The van der Waals surface area contributed by atoms with Crippen molar-refractivity contribution in [3.63, 3.8) is 0 Å². The second-order valence-corrected chi connectivity index (χ2v) is 6.75. The summed E-state index contributed by atoms with van der Waals surface area (Å²) >= 11 is 6.23. The van der Waals surface area contributed by atoms with Crippen molar-refractivity contribution in [3.05, 3.63) is 22.7 Å². The molecule has 1 fully saturated rings. The normalized spacial score (nSPS) is 17.9. The SMILES string of the molecule is CCN1CCN(c2cc(Cl)cc(C(=O)OC)c2OC)CC1(C)C. The number of ether oxygens (including phenoxy) is 2. The molecule has 1 aromatic rings. The average Bonchev–Trinajstić information content (AvgIpc) is 2.52. The van der Waals surface area contributed by atoms with E-state index in [2.05, 4.69) is 30.6 Å². The predicted octanol–water partition coefficient (Wildman–Crippen LogP) is 3.06. The van der Waals surface area contributed by atoms with Crippen LogP contribution in [0, 0.1) is 0 Å². The molecule has 1 aliphatic heterocycles. The lowest BCUT2D eigenvalue weighted by Gasteiger charge is -2.48. The van der Waals surface area contributed by atoms with Gasteiger partial charge in [0.05, 0.1) is 19.9 Å². The van der Waals surface area contributed by atoms with E-state index in [-0.39, 0.29) is 5.54 Å². The third-order valence-electron chi connectivity index (χ3n) is 4.44. The van der Waals surface area contributed by atoms with Gasteiger partial charge >= 0.3 is 5.97 Å². The first-order valence-electron chi connectivity index (χ1n) is 7.80. The standard InChI is InChI=1S/C17H25ClN2O3/c1-6-20-8-7-19(11-17(20,2)3)14-10-12(18)9-13(15(14)22-4)16(21)23-5/h9-10H,6-8,11H2,1-5H3. The predicted molar refractivity (Wildman–Crippen MR) is 92.9 cm³/mol. The second-order valence-electron chi connectivity index (χ2n) is 6.31. The molecule has 2 rings (SSSR count). The fourth-order valence-corrected chi connectivity index (χ4v) is 3.48. The van der Waals surface area contributed by atoms with Crippen molar-refractivity contribution >= 4 is 23.3 Å². The van der Waals surface area contributed by atoms with Crippen LogP contribution >= 0.6 is 11.6 Å². The molecule has 6 heteroatoms. The van der Waals surface area contributed by atoms with Crippen LogP contribution in [0.5, 0.6) is 5.75 Å². The summed E-state index contributed by atoms with van der Waals surface area (Å²) in [5.41, 5.74) is 1.23. The molecule has 1 aliphatic rings. The van der Waals surface area contributed by atoms with Gasteiger partial charge in [0.1, 0.15) is 5.56 Å². The molecular weight excluding hydrogens is 316 g/mol. The number of hydrogen-bond donors (Lipinski definition) is 0. The van der Waals surface area contributed by atoms with Gasteiger partial charge in [-0.2, -0.15) is 0 Å². The lowest BCUT2D eigenvalue weighted by molar-refractivity contribution is 0.0597. The Labute approximate surface area is 143 Å². The second kappa shape index (κ2) is 6.97. The molecule has 0 spiro atoms. The molecule has 1 saturated heterocycles. The van der Waals surface area contributed by atoms with E-state index in [0.29, 0.717) is 16.3 Å². The summed E-state index contributed by atoms with van der Waals surface area (Å²) in [4.78, 5) is 16.7. The van der Waals surface area contributed by atoms with Crippen LogP contribution in [0.1, 0.15) is 31.1 Å². The minimum atomic E-state index is -0.447. The van der Waals surface area contributed by atoms with Crippen LogP contribution in [0.2, 0.25) is 5.02 Å². The number of carbonyl (C=O) groups excluding carboxylic acids is 1. The summed E-state index contributed by atoms with van der Waals surface area (Å²) in [7, 11) is 2.91. The van der Waals surface area contributed by atoms with E-state index < -0.39 is 5.97 Å². The Hall–Kier alpha value is -1.46. The zero-order chi connectivity index (χ0) is 17.2. The fourth-order valence-electron chi connectivity index (χ4n) is 3.27. The zero-order valence-electron chi connectivity index (χ0n) is 14.5. The number of esters is 1. The molecule has 1 aromatic carbocycles. The number of halogens is 1. The van der Waals surface area contributed by atoms with E-state index in [1.54, 1.807) is 13.2 Å². The van der Waals surface area contributed by atoms with E-state index >= 15 is 0 Å². The van der Waals surface area contributed by atoms with E-state index in [0.717, 1.165) is 31.9 Å². The van der Waals surface area contributed by atoms with Gasteiger partial charge in [-0.1, -0.05) is 18.5 Å². The highest BCUT2D eigenvalue weighted by Gasteiger charge is 2.34. The summed E-state index contributed by atoms with van der Waals surface area (Å²) in [6, 6.07) is 3.44. The topological polar surface area (TPSA) is 42.0 Å². The van der Waals surface area contributed by atoms with Crippen molar-refractivity contribution in [3.8, 4) is 5.75 Å². The number of hydrogen-bond acceptors (Lipinski definition) is 5. The largest absolute Gasteiger partial charge is 0.494 e. The van der Waals surface area contributed by atoms with Gasteiger partial charge in [-0.25, -0.2) is 4.79 Å². The molecular formula is C17H25ClN2O3. The maximum absolute atomic E-state index is 12.0. The Kier molecular flexibility index (Phi) is 5.42. The lowest BCUT2D eigenvalue weighted by atomic mass is 9.98. The minimum Gasteiger partial charge on any atom is -0.494 e. The summed E-state index contributed by atoms with van der Waals surface area (Å²) < 4.78 is 10.4. The van der Waals surface area contributed by atoms with Crippen molar-refractivity contribution in [2.75, 3.05) is 45.3 Å². The number of nitrogens with zero attached hydrogens (tertiary/aromatic N) is 2. The first kappa shape index (κ1) is 17.9. The van der Waals surface area contributed by atoms with Crippen LogP contribution in [0.25, 0.3) is 0 Å². The third-order valence-corrected chi connectivity index (χ3v) is 4.66. The Morgan fingerprint density at radius 2 is 2.00 bits per heavy atom. The van der Waals surface area contributed by atoms with Crippen LogP contribution in [0.15, 0.2) is 12.1 Å². The number of methoxy groups -OCH3 is 2. The highest BCUT2D eigenvalue weighted by molar-refractivity contribution is 6.31. The van der Waals surface area contributed by atoms with E-state index in [9.17, 15) is 4.79 Å². The summed E-state index contributed by atoms with van der Waals surface area (Å²) in [5.74, 6) is 0.0686. The molecule has 0 amide bonds. The molecule has 128 valence electrons. The number of piperazine rings is 1. The highest BCUT2D eigenvalue weighted by Crippen LogP contribution is 2.38. The molecule has 0 unspecified atom stereocenters. The van der Waals surface area contributed by atoms with Crippen molar-refractivity contribution in [2.45, 2.75) is 26.3 Å². The average molecular weight is 341 g/mol. The van der Waals surface area contributed by atoms with Crippen LogP contribution in [0.3, 0.4) is 0 Å². The molecule has 1 heterocycles. The maximum Gasteiger partial charge on any atom is 0.341 e. The van der Waals surface area contributed by atoms with Gasteiger partial charge in [-0.3, -0.25) is 4.90 Å². The smallest absolute Gasteiger partial charge is 0.341 e. The Morgan fingerprint density at radius 3 is 2.52 bits per heavy atom. The number of carbonyl (C=O) groups is 1. The van der Waals surface area contributed by atoms with Gasteiger partial charge in [0.2, 0.25) is 0 Å². The van der Waals surface area contributed by atoms with E-state index in [4.69, 9.17) is 21.1 Å². The molecule has 0 bridgehead atoms. The lowest BCUT2D eigenvalue weighted by Crippen LogP contribution is -2.59. The third kappa shape index (κ3) is 3.56. The zero-order valence-corrected chi connectivity index (χ0v) is 15.2. The first-order chi connectivity index (χ1) is 10.8. The molecule has 5 nitrogen and oxygen atoms in total. The van der Waals surface area contributed by atoms with Gasteiger partial charge in [-0.15, -0.1) is 0 Å². The summed E-state index contributed by atoms with van der Waals surface area (Å²) in [6.45, 7) is 10.3. The van der Waals surface area contributed by atoms with Crippen LogP contribution in [0.4, 0.5) is 5.69 Å². The monoisotopic (exact) mass is 340 g/mol. The molecule has 0 N–H and O–H groups in total. The van der Waals surface area contributed by atoms with Crippen LogP contribution in [-0.4, -0.2) is 56.8 Å². The van der Waals surface area contributed by atoms with E-state index in [1.807, 2.05) is 6.07 Å². The van der Waals surface area contributed by atoms with Crippen LogP contribution in [-0.2, 0) is 4.74 Å². The Morgan fingerprint density at radius 1 is 1.30 bits per heavy atom. The molecule has 0 aromatic heterocycles. The molecule has 0 atom stereocenters. The number of anilines is 1. The summed E-state index contributed by atoms with van der Waals surface area (Å²) in [5, 5.41) is 0.497. The van der Waals surface area contributed by atoms with Crippen LogP contribution < -0.4 is 9.64 Å². The first-order valence-corrected chi connectivity index (χ1v) is 8.17. The van der Waals surface area contributed by atoms with Gasteiger partial charge in [0, 0.05) is 30.2 Å². The van der Waals surface area contributed by atoms with Gasteiger partial charge in [0.25, 0.3) is 0 Å². The van der Waals surface area contributed by atoms with Gasteiger partial charge < -0.3 is 14.4 Å². The van der Waals surface area contributed by atoms with Gasteiger partial charge in [-0.05, 0) is 32.5 Å². The van der Waals surface area contributed by atoms with Crippen molar-refractivity contribution in [2.24, 2.45) is 0 Å². The molecule has 0 saturated carbocycles. The molecule has 0 radical (unpaired) electrons. The number of likely N-dealkylation sites (N-methyl/N-ethyl adjacent to an activating group) is 1. The van der Waals surface area contributed by atoms with Crippen molar-refractivity contribution < 1.29 is 14.3 Å². The number of benzene rings is 1. The van der Waals surface area contributed by atoms with Crippen molar-refractivity contribution in [1.82, 2.24) is 4.90 Å². The molecule has 23 heavy (non-hydrogen) atoms. The van der Waals surface area contributed by atoms with Gasteiger partial charge in [0.15, 0.2) is 5.75 Å². The Bertz CT molecular complexity index is 589. The summed E-state index contributed by atoms with van der Waals surface area (Å²) in [6.07, 6.45) is 0.